The van der Waals surface area contributed by atoms with Crippen LogP contribution < -0.4 is 0 Å². The summed E-state index contributed by atoms with van der Waals surface area (Å²) in [7, 11) is 0. The van der Waals surface area contributed by atoms with Crippen molar-refractivity contribution in [2.45, 2.75) is 19.1 Å². The Kier molecular flexibility index (Phi) is 4.53. The lowest BCUT2D eigenvalue weighted by molar-refractivity contribution is -0.123. The lowest BCUT2D eigenvalue weighted by Crippen LogP contribution is -2.36. The molecule has 0 aliphatic carbocycles. The number of nitrogens with zero attached hydrogens (tertiary/aromatic N) is 1. The molecule has 1 heterocycles. The predicted octanol–water partition coefficient (Wildman–Crippen LogP) is 3.97. The number of carbonyl (C=O) groups is 1. The molecule has 0 spiro atoms. The third kappa shape index (κ3) is 3.32. The van der Waals surface area contributed by atoms with Crippen molar-refractivity contribution in [3.8, 4) is 0 Å². The Balaban J connectivity index is 1.76. The highest BCUT2D eigenvalue weighted by Crippen LogP contribution is 2.32. The van der Waals surface area contributed by atoms with Gasteiger partial charge in [-0.15, -0.1) is 0 Å². The number of carbonyl (C=O) groups excluding carboxylic acids is 1. The summed E-state index contributed by atoms with van der Waals surface area (Å²) in [6.45, 7) is 1.95. The minimum atomic E-state index is -0.224. The van der Waals surface area contributed by atoms with Crippen molar-refractivity contribution in [2.24, 2.45) is 0 Å². The SMILES string of the molecule is C[C@H]1[C@@H](c2ccccc2)OC(=S)N1C(=O)/C=C/c1ccccc1. The van der Waals surface area contributed by atoms with Gasteiger partial charge < -0.3 is 4.74 Å². The predicted molar refractivity (Wildman–Crippen MR) is 94.7 cm³/mol. The molecule has 1 saturated heterocycles. The van der Waals surface area contributed by atoms with E-state index in [1.54, 1.807) is 6.08 Å². The van der Waals surface area contributed by atoms with E-state index < -0.39 is 0 Å². The smallest absolute Gasteiger partial charge is 0.267 e. The second-order valence-corrected chi connectivity index (χ2v) is 5.76. The van der Waals surface area contributed by atoms with Crippen LogP contribution in [-0.4, -0.2) is 22.0 Å². The van der Waals surface area contributed by atoms with Gasteiger partial charge in [-0.2, -0.15) is 0 Å². The van der Waals surface area contributed by atoms with E-state index in [1.807, 2.05) is 67.6 Å². The summed E-state index contributed by atoms with van der Waals surface area (Å²) < 4.78 is 5.75. The van der Waals surface area contributed by atoms with Crippen molar-refractivity contribution >= 4 is 29.4 Å². The highest BCUT2D eigenvalue weighted by Gasteiger charge is 2.39. The van der Waals surface area contributed by atoms with Crippen LogP contribution in [0.5, 0.6) is 0 Å². The van der Waals surface area contributed by atoms with Crippen LogP contribution >= 0.6 is 12.2 Å². The number of amides is 1. The van der Waals surface area contributed by atoms with Crippen molar-refractivity contribution < 1.29 is 9.53 Å². The number of thiocarbonyl (C=S) groups is 1. The van der Waals surface area contributed by atoms with Crippen molar-refractivity contribution in [1.29, 1.82) is 0 Å². The first-order chi connectivity index (χ1) is 11.2. The maximum Gasteiger partial charge on any atom is 0.267 e. The van der Waals surface area contributed by atoms with E-state index in [0.29, 0.717) is 0 Å². The number of benzene rings is 2. The van der Waals surface area contributed by atoms with Gasteiger partial charge in [0.05, 0.1) is 6.04 Å². The van der Waals surface area contributed by atoms with Crippen LogP contribution in [0.1, 0.15) is 24.2 Å². The largest absolute Gasteiger partial charge is 0.460 e. The third-order valence-electron chi connectivity index (χ3n) is 3.85. The molecule has 2 atom stereocenters. The Morgan fingerprint density at radius 3 is 2.35 bits per heavy atom. The molecule has 2 aromatic carbocycles. The van der Waals surface area contributed by atoms with Crippen LogP contribution in [0.25, 0.3) is 6.08 Å². The Labute approximate surface area is 141 Å². The molecule has 1 amide bonds. The van der Waals surface area contributed by atoms with E-state index in [9.17, 15) is 4.79 Å². The van der Waals surface area contributed by atoms with Crippen molar-refractivity contribution in [3.63, 3.8) is 0 Å². The molecular weight excluding hydrogens is 306 g/mol. The van der Waals surface area contributed by atoms with Gasteiger partial charge in [0.25, 0.3) is 11.1 Å². The quantitative estimate of drug-likeness (QED) is 0.632. The zero-order chi connectivity index (χ0) is 16.2. The van der Waals surface area contributed by atoms with Crippen molar-refractivity contribution in [2.75, 3.05) is 0 Å². The fourth-order valence-electron chi connectivity index (χ4n) is 2.66. The molecule has 1 aliphatic rings. The van der Waals surface area contributed by atoms with E-state index in [1.165, 1.54) is 11.0 Å². The first kappa shape index (κ1) is 15.4. The third-order valence-corrected chi connectivity index (χ3v) is 4.15. The molecule has 0 unspecified atom stereocenters. The molecule has 3 nitrogen and oxygen atoms in total. The summed E-state index contributed by atoms with van der Waals surface area (Å²) in [5, 5.41) is 0.231. The number of ether oxygens (including phenoxy) is 1. The zero-order valence-corrected chi connectivity index (χ0v) is 13.6. The highest BCUT2D eigenvalue weighted by molar-refractivity contribution is 7.80. The summed E-state index contributed by atoms with van der Waals surface area (Å²) in [6, 6.07) is 19.4. The highest BCUT2D eigenvalue weighted by atomic mass is 32.1. The van der Waals surface area contributed by atoms with Gasteiger partial charge in [0.1, 0.15) is 6.10 Å². The van der Waals surface area contributed by atoms with Crippen LogP contribution in [-0.2, 0) is 9.53 Å². The number of hydrogen-bond acceptors (Lipinski definition) is 3. The van der Waals surface area contributed by atoms with Gasteiger partial charge in [-0.1, -0.05) is 60.7 Å². The molecule has 1 fully saturated rings. The fourth-order valence-corrected chi connectivity index (χ4v) is 3.02. The van der Waals surface area contributed by atoms with Crippen LogP contribution in [0.4, 0.5) is 0 Å². The molecule has 0 N–H and O–H groups in total. The number of rotatable bonds is 3. The summed E-state index contributed by atoms with van der Waals surface area (Å²) in [5.41, 5.74) is 1.99. The summed E-state index contributed by atoms with van der Waals surface area (Å²) in [4.78, 5) is 14.0. The molecular formula is C19H17NO2S. The lowest BCUT2D eigenvalue weighted by atomic mass is 10.0. The lowest BCUT2D eigenvalue weighted by Gasteiger charge is -2.19. The average Bonchev–Trinajstić information content (AvgIpc) is 2.89. The van der Waals surface area contributed by atoms with E-state index in [0.717, 1.165) is 11.1 Å². The average molecular weight is 323 g/mol. The van der Waals surface area contributed by atoms with Gasteiger partial charge >= 0.3 is 0 Å². The fraction of sp³-hybridized carbons (Fsp3) is 0.158. The van der Waals surface area contributed by atoms with Crippen LogP contribution in [0.2, 0.25) is 0 Å². The Morgan fingerprint density at radius 2 is 1.70 bits per heavy atom. The minimum absolute atomic E-state index is 0.141. The molecule has 4 heteroatoms. The molecule has 1 aliphatic heterocycles. The van der Waals surface area contributed by atoms with Gasteiger partial charge in [-0.05, 0) is 36.3 Å². The standard InChI is InChI=1S/C19H17NO2S/c1-14-18(16-10-6-3-7-11-16)22-19(23)20(14)17(21)13-12-15-8-4-2-5-9-15/h2-14,18H,1H3/b13-12+/t14-,18-/m0/s1. The Morgan fingerprint density at radius 1 is 1.09 bits per heavy atom. The molecule has 116 valence electrons. The monoisotopic (exact) mass is 323 g/mol. The molecule has 0 saturated carbocycles. The Hall–Kier alpha value is -2.46. The van der Waals surface area contributed by atoms with Crippen LogP contribution in [0.3, 0.4) is 0 Å². The first-order valence-corrected chi connectivity index (χ1v) is 7.89. The topological polar surface area (TPSA) is 29.5 Å². The Bertz CT molecular complexity index is 728. The van der Waals surface area contributed by atoms with Crippen molar-refractivity contribution in [1.82, 2.24) is 4.90 Å². The van der Waals surface area contributed by atoms with E-state index >= 15 is 0 Å². The molecule has 0 radical (unpaired) electrons. The van der Waals surface area contributed by atoms with Gasteiger partial charge in [0.2, 0.25) is 0 Å². The van der Waals surface area contributed by atoms with Gasteiger partial charge in [-0.3, -0.25) is 9.69 Å². The minimum Gasteiger partial charge on any atom is -0.460 e. The van der Waals surface area contributed by atoms with Gasteiger partial charge in [-0.25, -0.2) is 0 Å². The summed E-state index contributed by atoms with van der Waals surface area (Å²) in [5.74, 6) is -0.162. The summed E-state index contributed by atoms with van der Waals surface area (Å²) in [6.07, 6.45) is 3.10. The molecule has 3 rings (SSSR count). The molecule has 0 bridgehead atoms. The maximum atomic E-state index is 12.5. The number of hydrogen-bond donors (Lipinski definition) is 0. The zero-order valence-electron chi connectivity index (χ0n) is 12.8. The van der Waals surface area contributed by atoms with Gasteiger partial charge in [0, 0.05) is 6.08 Å². The van der Waals surface area contributed by atoms with Crippen LogP contribution in [0.15, 0.2) is 66.7 Å². The van der Waals surface area contributed by atoms with E-state index in [2.05, 4.69) is 0 Å². The maximum absolute atomic E-state index is 12.5. The van der Waals surface area contributed by atoms with Crippen LogP contribution in [0, 0.1) is 0 Å². The summed E-state index contributed by atoms with van der Waals surface area (Å²) >= 11 is 5.25. The first-order valence-electron chi connectivity index (χ1n) is 7.48. The normalized spacial score (nSPS) is 20.7. The molecule has 23 heavy (non-hydrogen) atoms. The van der Waals surface area contributed by atoms with E-state index in [-0.39, 0.29) is 23.2 Å². The van der Waals surface area contributed by atoms with E-state index in [4.69, 9.17) is 17.0 Å². The van der Waals surface area contributed by atoms with Crippen molar-refractivity contribution in [3.05, 3.63) is 77.9 Å². The second kappa shape index (κ2) is 6.75. The second-order valence-electron chi connectivity index (χ2n) is 5.41. The molecule has 0 aromatic heterocycles. The van der Waals surface area contributed by atoms with Gasteiger partial charge in [0.15, 0.2) is 0 Å². The molecule has 2 aromatic rings.